The molecule has 0 radical (unpaired) electrons. The van der Waals surface area contributed by atoms with Crippen molar-refractivity contribution in [2.45, 2.75) is 13.5 Å². The molecule has 0 saturated carbocycles. The molecule has 2 aromatic rings. The minimum absolute atomic E-state index is 0.0557. The van der Waals surface area contributed by atoms with E-state index in [2.05, 4.69) is 39.6 Å². The van der Waals surface area contributed by atoms with Gasteiger partial charge in [-0.25, -0.2) is 4.99 Å². The lowest BCUT2D eigenvalue weighted by Gasteiger charge is -2.35. The summed E-state index contributed by atoms with van der Waals surface area (Å²) in [6.07, 6.45) is 3.59. The van der Waals surface area contributed by atoms with E-state index in [9.17, 15) is 4.79 Å². The number of nitrogens with zero attached hydrogens (tertiary/aromatic N) is 6. The maximum absolute atomic E-state index is 12.7. The van der Waals surface area contributed by atoms with E-state index in [0.717, 1.165) is 36.0 Å². The monoisotopic (exact) mass is 383 g/mol. The average molecular weight is 384 g/mol. The highest BCUT2D eigenvalue weighted by molar-refractivity contribution is 5.98. The molecule has 0 aliphatic carbocycles. The summed E-state index contributed by atoms with van der Waals surface area (Å²) < 4.78 is 1.71. The van der Waals surface area contributed by atoms with Crippen molar-refractivity contribution >= 4 is 23.2 Å². The molecule has 150 valence electrons. The zero-order valence-electron chi connectivity index (χ0n) is 17.1. The Labute approximate surface area is 166 Å². The summed E-state index contributed by atoms with van der Waals surface area (Å²) in [5.41, 5.74) is 3.15. The van der Waals surface area contributed by atoms with Gasteiger partial charge in [-0.2, -0.15) is 5.10 Å². The van der Waals surface area contributed by atoms with Gasteiger partial charge in [0.05, 0.1) is 18.4 Å². The fourth-order valence-electron chi connectivity index (χ4n) is 3.17. The average Bonchev–Trinajstić information content (AvgIpc) is 3.11. The van der Waals surface area contributed by atoms with E-state index in [0.29, 0.717) is 19.6 Å². The van der Waals surface area contributed by atoms with E-state index in [-0.39, 0.29) is 5.91 Å². The van der Waals surface area contributed by atoms with Gasteiger partial charge < -0.3 is 20.0 Å². The molecular formula is C20H29N7O. The maximum atomic E-state index is 12.7. The Morgan fingerprint density at radius 1 is 1.25 bits per heavy atom. The number of rotatable bonds is 5. The number of anilines is 2. The van der Waals surface area contributed by atoms with E-state index >= 15 is 0 Å². The Kier molecular flexibility index (Phi) is 6.18. The van der Waals surface area contributed by atoms with Gasteiger partial charge in [-0.1, -0.05) is 12.1 Å². The van der Waals surface area contributed by atoms with Crippen LogP contribution in [0.3, 0.4) is 0 Å². The zero-order chi connectivity index (χ0) is 20.1. The van der Waals surface area contributed by atoms with Crippen molar-refractivity contribution in [1.29, 1.82) is 0 Å². The molecule has 1 aromatic carbocycles. The second kappa shape index (κ2) is 8.77. The fraction of sp³-hybridized carbons (Fsp3) is 0.450. The number of guanidine groups is 1. The van der Waals surface area contributed by atoms with E-state index in [1.165, 1.54) is 0 Å². The topological polar surface area (TPSA) is 69.0 Å². The summed E-state index contributed by atoms with van der Waals surface area (Å²) >= 11 is 0. The number of hydrogen-bond donors (Lipinski definition) is 1. The first kappa shape index (κ1) is 19.7. The van der Waals surface area contributed by atoms with Crippen molar-refractivity contribution in [2.24, 2.45) is 12.0 Å². The van der Waals surface area contributed by atoms with Crippen LogP contribution in [0.15, 0.2) is 41.7 Å². The lowest BCUT2D eigenvalue weighted by atomic mass is 10.2. The smallest absolute Gasteiger partial charge is 0.246 e. The lowest BCUT2D eigenvalue weighted by Crippen LogP contribution is -2.55. The number of nitrogens with one attached hydrogen (secondary N) is 1. The summed E-state index contributed by atoms with van der Waals surface area (Å²) in [5.74, 6) is 0.832. The Morgan fingerprint density at radius 3 is 2.57 bits per heavy atom. The highest BCUT2D eigenvalue weighted by atomic mass is 16.2. The largest absolute Gasteiger partial charge is 0.378 e. The van der Waals surface area contributed by atoms with Crippen LogP contribution in [0.2, 0.25) is 0 Å². The van der Waals surface area contributed by atoms with Crippen molar-refractivity contribution in [3.63, 3.8) is 0 Å². The Bertz CT molecular complexity index is 825. The number of amides is 1. The third kappa shape index (κ3) is 4.62. The van der Waals surface area contributed by atoms with Gasteiger partial charge in [-0.15, -0.1) is 0 Å². The van der Waals surface area contributed by atoms with Crippen LogP contribution in [0.25, 0.3) is 0 Å². The molecular weight excluding hydrogens is 354 g/mol. The van der Waals surface area contributed by atoms with Crippen LogP contribution in [-0.2, 0) is 18.4 Å². The molecule has 0 atom stereocenters. The molecule has 8 nitrogen and oxygen atoms in total. The zero-order valence-corrected chi connectivity index (χ0v) is 17.1. The summed E-state index contributed by atoms with van der Waals surface area (Å²) in [4.78, 5) is 23.3. The molecule has 0 bridgehead atoms. The van der Waals surface area contributed by atoms with Crippen LogP contribution >= 0.6 is 0 Å². The van der Waals surface area contributed by atoms with Crippen LogP contribution in [-0.4, -0.2) is 66.8 Å². The van der Waals surface area contributed by atoms with E-state index in [1.54, 1.807) is 15.8 Å². The molecule has 1 fully saturated rings. The number of hydrogen-bond acceptors (Lipinski definition) is 4. The molecule has 1 saturated heterocycles. The molecule has 1 aliphatic rings. The van der Waals surface area contributed by atoms with Gasteiger partial charge in [-0.3, -0.25) is 9.48 Å². The minimum Gasteiger partial charge on any atom is -0.378 e. The van der Waals surface area contributed by atoms with Crippen LogP contribution < -0.4 is 15.1 Å². The number of carbonyl (C=O) groups excluding carboxylic acids is 1. The summed E-state index contributed by atoms with van der Waals surface area (Å²) in [6, 6.07) is 8.36. The quantitative estimate of drug-likeness (QED) is 0.623. The summed E-state index contributed by atoms with van der Waals surface area (Å²) in [5, 5.41) is 7.47. The third-order valence-corrected chi connectivity index (χ3v) is 4.72. The standard InChI is InChI=1S/C20H29N7O/c1-5-21-20(22-12-16-6-8-17(9-7-16)24(2)3)26-10-11-27(19(28)15-26)18-13-23-25(4)14-18/h6-9,13-14H,5,10-12,15H2,1-4H3,(H,21,22). The number of aliphatic imine (C=N–C) groups is 1. The van der Waals surface area contributed by atoms with Gasteiger partial charge in [0.2, 0.25) is 5.91 Å². The van der Waals surface area contributed by atoms with Crippen LogP contribution in [0.5, 0.6) is 0 Å². The normalized spacial score (nSPS) is 15.1. The number of piperazine rings is 1. The van der Waals surface area contributed by atoms with Crippen molar-refractivity contribution in [2.75, 3.05) is 50.1 Å². The van der Waals surface area contributed by atoms with E-state index in [1.807, 2.05) is 39.2 Å². The van der Waals surface area contributed by atoms with Gasteiger partial charge in [-0.05, 0) is 24.6 Å². The first-order valence-electron chi connectivity index (χ1n) is 9.56. The van der Waals surface area contributed by atoms with Gasteiger partial charge in [0.1, 0.15) is 6.54 Å². The second-order valence-corrected chi connectivity index (χ2v) is 7.07. The van der Waals surface area contributed by atoms with Crippen molar-refractivity contribution in [1.82, 2.24) is 20.0 Å². The van der Waals surface area contributed by atoms with Crippen LogP contribution in [0.4, 0.5) is 11.4 Å². The summed E-state index contributed by atoms with van der Waals surface area (Å²) in [6.45, 7) is 5.02. The predicted octanol–water partition coefficient (Wildman–Crippen LogP) is 1.30. The third-order valence-electron chi connectivity index (χ3n) is 4.72. The predicted molar refractivity (Wildman–Crippen MR) is 113 cm³/mol. The molecule has 1 aromatic heterocycles. The fourth-order valence-corrected chi connectivity index (χ4v) is 3.17. The Morgan fingerprint density at radius 2 is 2.00 bits per heavy atom. The molecule has 1 N–H and O–H groups in total. The van der Waals surface area contributed by atoms with Crippen molar-refractivity contribution in [3.05, 3.63) is 42.2 Å². The van der Waals surface area contributed by atoms with Gasteiger partial charge in [0.15, 0.2) is 5.96 Å². The minimum atomic E-state index is 0.0557. The van der Waals surface area contributed by atoms with E-state index in [4.69, 9.17) is 4.99 Å². The molecule has 0 spiro atoms. The van der Waals surface area contributed by atoms with Crippen molar-refractivity contribution < 1.29 is 4.79 Å². The van der Waals surface area contributed by atoms with Crippen LogP contribution in [0, 0.1) is 0 Å². The first-order chi connectivity index (χ1) is 13.5. The Hall–Kier alpha value is -3.03. The van der Waals surface area contributed by atoms with Crippen molar-refractivity contribution in [3.8, 4) is 0 Å². The first-order valence-corrected chi connectivity index (χ1v) is 9.56. The lowest BCUT2D eigenvalue weighted by molar-refractivity contribution is -0.120. The maximum Gasteiger partial charge on any atom is 0.246 e. The molecule has 0 unspecified atom stereocenters. The SMILES string of the molecule is CCNC(=NCc1ccc(N(C)C)cc1)N1CCN(c2cnn(C)c2)C(=O)C1. The molecule has 28 heavy (non-hydrogen) atoms. The Balaban J connectivity index is 1.66. The summed E-state index contributed by atoms with van der Waals surface area (Å²) in [7, 11) is 5.91. The highest BCUT2D eigenvalue weighted by Gasteiger charge is 2.27. The number of carbonyl (C=O) groups is 1. The number of benzene rings is 1. The highest BCUT2D eigenvalue weighted by Crippen LogP contribution is 2.17. The van der Waals surface area contributed by atoms with Gasteiger partial charge >= 0.3 is 0 Å². The van der Waals surface area contributed by atoms with E-state index < -0.39 is 0 Å². The molecule has 1 aliphatic heterocycles. The second-order valence-electron chi connectivity index (χ2n) is 7.07. The molecule has 2 heterocycles. The molecule has 1 amide bonds. The van der Waals surface area contributed by atoms with Gasteiger partial charge in [0, 0.05) is 52.7 Å². The number of aryl methyl sites for hydroxylation is 1. The van der Waals surface area contributed by atoms with Gasteiger partial charge in [0.25, 0.3) is 0 Å². The number of aromatic nitrogens is 2. The molecule has 3 rings (SSSR count). The molecule has 8 heteroatoms. The van der Waals surface area contributed by atoms with Crippen LogP contribution in [0.1, 0.15) is 12.5 Å².